The highest BCUT2D eigenvalue weighted by atomic mass is 35.5. The summed E-state index contributed by atoms with van der Waals surface area (Å²) < 4.78 is 16.4. The summed E-state index contributed by atoms with van der Waals surface area (Å²) in [6.07, 6.45) is 2.14. The normalized spacial score (nSPS) is 14.3. The lowest BCUT2D eigenvalue weighted by atomic mass is 9.86. The smallest absolute Gasteiger partial charge is 0.311 e. The Morgan fingerprint density at radius 2 is 1.88 bits per heavy atom. The van der Waals surface area contributed by atoms with Crippen LogP contribution in [0.25, 0.3) is 6.08 Å². The van der Waals surface area contributed by atoms with Crippen molar-refractivity contribution in [1.29, 1.82) is 0 Å². The first-order valence-corrected chi connectivity index (χ1v) is 11.0. The summed E-state index contributed by atoms with van der Waals surface area (Å²) in [7, 11) is 0. The summed E-state index contributed by atoms with van der Waals surface area (Å²) in [6, 6.07) is 12.8. The zero-order valence-corrected chi connectivity index (χ0v) is 19.7. The molecule has 0 bridgehead atoms. The third-order valence-electron chi connectivity index (χ3n) is 5.44. The van der Waals surface area contributed by atoms with Crippen LogP contribution in [0.15, 0.2) is 52.7 Å². The first-order valence-electron chi connectivity index (χ1n) is 10.6. The van der Waals surface area contributed by atoms with E-state index in [2.05, 4.69) is 38.1 Å². The maximum absolute atomic E-state index is 12.8. The Balaban J connectivity index is 1.47. The number of halogens is 1. The SMILES string of the molecule is Cc1c(OC(=O)CCc2cc(Cl)no2)ccc2c1O/C(=C\c1ccc(C(C)(C)C)cc1)C2=O. The molecular formula is C26H24ClNO5. The molecule has 0 N–H and O–H groups in total. The lowest BCUT2D eigenvalue weighted by molar-refractivity contribution is -0.134. The zero-order chi connectivity index (χ0) is 23.8. The second-order valence-electron chi connectivity index (χ2n) is 8.97. The lowest BCUT2D eigenvalue weighted by Crippen LogP contribution is -2.10. The van der Waals surface area contributed by atoms with Crippen molar-refractivity contribution in [3.8, 4) is 11.5 Å². The van der Waals surface area contributed by atoms with E-state index >= 15 is 0 Å². The molecule has 0 saturated heterocycles. The van der Waals surface area contributed by atoms with Crippen LogP contribution in [0.5, 0.6) is 11.5 Å². The van der Waals surface area contributed by atoms with Crippen LogP contribution in [0, 0.1) is 6.92 Å². The number of allylic oxidation sites excluding steroid dienone is 1. The van der Waals surface area contributed by atoms with Gasteiger partial charge in [0.05, 0.1) is 12.0 Å². The number of ketones is 1. The Morgan fingerprint density at radius 3 is 2.52 bits per heavy atom. The Labute approximate surface area is 197 Å². The number of fused-ring (bicyclic) bond motifs is 1. The van der Waals surface area contributed by atoms with Gasteiger partial charge in [0.15, 0.2) is 10.9 Å². The van der Waals surface area contributed by atoms with Gasteiger partial charge >= 0.3 is 5.97 Å². The molecule has 1 aromatic heterocycles. The molecule has 0 saturated carbocycles. The number of aromatic nitrogens is 1. The molecular weight excluding hydrogens is 442 g/mol. The predicted octanol–water partition coefficient (Wildman–Crippen LogP) is 6.09. The molecule has 2 heterocycles. The number of hydrogen-bond acceptors (Lipinski definition) is 6. The van der Waals surface area contributed by atoms with E-state index in [0.717, 1.165) is 5.56 Å². The first-order chi connectivity index (χ1) is 15.6. The lowest BCUT2D eigenvalue weighted by Gasteiger charge is -2.18. The highest BCUT2D eigenvalue weighted by molar-refractivity contribution is 6.29. The van der Waals surface area contributed by atoms with Gasteiger partial charge in [-0.2, -0.15) is 0 Å². The van der Waals surface area contributed by atoms with Crippen molar-refractivity contribution in [2.75, 3.05) is 0 Å². The van der Waals surface area contributed by atoms with Crippen LogP contribution in [-0.4, -0.2) is 16.9 Å². The summed E-state index contributed by atoms with van der Waals surface area (Å²) >= 11 is 5.71. The number of carbonyl (C=O) groups excluding carboxylic acids is 2. The molecule has 0 unspecified atom stereocenters. The number of carbonyl (C=O) groups is 2. The van der Waals surface area contributed by atoms with Crippen LogP contribution in [-0.2, 0) is 16.6 Å². The minimum atomic E-state index is -0.440. The van der Waals surface area contributed by atoms with E-state index in [1.165, 1.54) is 5.56 Å². The van der Waals surface area contributed by atoms with Crippen molar-refractivity contribution < 1.29 is 23.6 Å². The number of aryl methyl sites for hydroxylation is 1. The van der Waals surface area contributed by atoms with E-state index in [4.69, 9.17) is 25.6 Å². The van der Waals surface area contributed by atoms with Gasteiger partial charge in [-0.25, -0.2) is 0 Å². The molecule has 0 radical (unpaired) electrons. The van der Waals surface area contributed by atoms with E-state index in [-0.39, 0.29) is 28.5 Å². The number of nitrogens with zero attached hydrogens (tertiary/aromatic N) is 1. The van der Waals surface area contributed by atoms with E-state index in [9.17, 15) is 9.59 Å². The largest absolute Gasteiger partial charge is 0.452 e. The Bertz CT molecular complexity index is 1250. The van der Waals surface area contributed by atoms with Gasteiger partial charge in [0.25, 0.3) is 0 Å². The maximum Gasteiger partial charge on any atom is 0.311 e. The van der Waals surface area contributed by atoms with Gasteiger partial charge in [-0.15, -0.1) is 0 Å². The van der Waals surface area contributed by atoms with Crippen LogP contribution in [0.2, 0.25) is 5.15 Å². The van der Waals surface area contributed by atoms with Gasteiger partial charge in [0.1, 0.15) is 17.3 Å². The zero-order valence-electron chi connectivity index (χ0n) is 18.9. The minimum Gasteiger partial charge on any atom is -0.452 e. The topological polar surface area (TPSA) is 78.6 Å². The van der Waals surface area contributed by atoms with Crippen molar-refractivity contribution >= 4 is 29.4 Å². The standard InChI is InChI=1S/C26H24ClNO5/c1-15-20(31-23(29)12-9-18-14-22(27)28-33-18)11-10-19-24(30)21(32-25(15)19)13-16-5-7-17(8-6-16)26(2,3)4/h5-8,10-11,13-14H,9,12H2,1-4H3/b21-13-. The van der Waals surface area contributed by atoms with Crippen molar-refractivity contribution in [2.24, 2.45) is 0 Å². The molecule has 3 aromatic rings. The molecule has 0 fully saturated rings. The quantitative estimate of drug-likeness (QED) is 0.258. The van der Waals surface area contributed by atoms with Crippen LogP contribution in [0.3, 0.4) is 0 Å². The van der Waals surface area contributed by atoms with Crippen LogP contribution in [0.4, 0.5) is 0 Å². The van der Waals surface area contributed by atoms with Crippen LogP contribution < -0.4 is 9.47 Å². The average Bonchev–Trinajstić information content (AvgIpc) is 3.32. The van der Waals surface area contributed by atoms with E-state index < -0.39 is 5.97 Å². The molecule has 2 aromatic carbocycles. The first kappa shape index (κ1) is 22.8. The summed E-state index contributed by atoms with van der Waals surface area (Å²) in [5.41, 5.74) is 3.16. The third-order valence-corrected chi connectivity index (χ3v) is 5.62. The van der Waals surface area contributed by atoms with Gasteiger partial charge in [-0.3, -0.25) is 9.59 Å². The van der Waals surface area contributed by atoms with Gasteiger partial charge in [-0.05, 0) is 41.7 Å². The van der Waals surface area contributed by atoms with Gasteiger partial charge in [0, 0.05) is 18.1 Å². The Hall–Kier alpha value is -3.38. The number of hydrogen-bond donors (Lipinski definition) is 0. The van der Waals surface area contributed by atoms with Crippen molar-refractivity contribution in [1.82, 2.24) is 5.16 Å². The molecule has 0 aliphatic carbocycles. The van der Waals surface area contributed by atoms with Crippen molar-refractivity contribution in [2.45, 2.75) is 46.0 Å². The molecule has 1 aliphatic rings. The molecule has 6 nitrogen and oxygen atoms in total. The Kier molecular flexibility index (Phi) is 6.13. The molecule has 1 aliphatic heterocycles. The van der Waals surface area contributed by atoms with E-state index in [0.29, 0.717) is 34.8 Å². The second-order valence-corrected chi connectivity index (χ2v) is 9.35. The van der Waals surface area contributed by atoms with Crippen LogP contribution in [0.1, 0.15) is 60.0 Å². The Morgan fingerprint density at radius 1 is 1.15 bits per heavy atom. The summed E-state index contributed by atoms with van der Waals surface area (Å²) in [4.78, 5) is 25.1. The van der Waals surface area contributed by atoms with Crippen LogP contribution >= 0.6 is 11.6 Å². The average molecular weight is 466 g/mol. The molecule has 0 amide bonds. The van der Waals surface area contributed by atoms with E-state index in [1.807, 2.05) is 12.1 Å². The molecule has 170 valence electrons. The molecule has 33 heavy (non-hydrogen) atoms. The fraction of sp³-hybridized carbons (Fsp3) is 0.269. The maximum atomic E-state index is 12.8. The number of benzene rings is 2. The summed E-state index contributed by atoms with van der Waals surface area (Å²) in [5.74, 6) is 0.852. The van der Waals surface area contributed by atoms with Gasteiger partial charge in [-0.1, -0.05) is 61.8 Å². The monoisotopic (exact) mass is 465 g/mol. The second kappa shape index (κ2) is 8.87. The van der Waals surface area contributed by atoms with Crippen molar-refractivity contribution in [3.63, 3.8) is 0 Å². The fourth-order valence-electron chi connectivity index (χ4n) is 3.51. The number of Topliss-reactive ketones (excluding diaryl/α,β-unsaturated/α-hetero) is 1. The molecule has 4 rings (SSSR count). The number of rotatable bonds is 5. The highest BCUT2D eigenvalue weighted by Gasteiger charge is 2.30. The van der Waals surface area contributed by atoms with E-state index in [1.54, 1.807) is 31.2 Å². The van der Waals surface area contributed by atoms with Gasteiger partial charge < -0.3 is 14.0 Å². The molecule has 7 heteroatoms. The molecule has 0 spiro atoms. The highest BCUT2D eigenvalue weighted by Crippen LogP contribution is 2.39. The van der Waals surface area contributed by atoms with Gasteiger partial charge in [0.2, 0.25) is 5.78 Å². The fourth-order valence-corrected chi connectivity index (χ4v) is 3.67. The van der Waals surface area contributed by atoms with Crippen molar-refractivity contribution in [3.05, 3.63) is 81.4 Å². The number of ether oxygens (including phenoxy) is 2. The minimum absolute atomic E-state index is 0.0500. The third kappa shape index (κ3) is 5.01. The summed E-state index contributed by atoms with van der Waals surface area (Å²) in [5, 5.41) is 3.82. The number of esters is 1. The summed E-state index contributed by atoms with van der Waals surface area (Å²) in [6.45, 7) is 8.21. The predicted molar refractivity (Wildman–Crippen MR) is 125 cm³/mol. The molecule has 0 atom stereocenters.